The van der Waals surface area contributed by atoms with Gasteiger partial charge in [-0.1, -0.05) is 28.1 Å². The molecule has 0 spiro atoms. The number of rotatable bonds is 6. The third kappa shape index (κ3) is 4.09. The van der Waals surface area contributed by atoms with E-state index in [2.05, 4.69) is 58.3 Å². The van der Waals surface area contributed by atoms with E-state index in [0.29, 0.717) is 0 Å². The zero-order valence-corrected chi connectivity index (χ0v) is 12.3. The summed E-state index contributed by atoms with van der Waals surface area (Å²) in [4.78, 5) is 2.46. The average molecular weight is 297 g/mol. The molecule has 0 atom stereocenters. The fourth-order valence-corrected chi connectivity index (χ4v) is 2.36. The van der Waals surface area contributed by atoms with Gasteiger partial charge in [0, 0.05) is 30.1 Å². The summed E-state index contributed by atoms with van der Waals surface area (Å²) >= 11 is 3.57. The molecule has 0 unspecified atom stereocenters. The quantitative estimate of drug-likeness (QED) is 0.812. The fourth-order valence-electron chi connectivity index (χ4n) is 1.93. The number of nitrogens with zero attached hydrogens (tertiary/aromatic N) is 1. The van der Waals surface area contributed by atoms with E-state index in [9.17, 15) is 0 Å². The Morgan fingerprint density at radius 3 is 2.82 bits per heavy atom. The molecule has 0 heterocycles. The third-order valence-corrected chi connectivity index (χ3v) is 4.23. The minimum absolute atomic E-state index is 0.866. The van der Waals surface area contributed by atoms with E-state index < -0.39 is 0 Å². The summed E-state index contributed by atoms with van der Waals surface area (Å²) < 4.78 is 1.20. The van der Waals surface area contributed by atoms with Crippen LogP contribution in [0.15, 0.2) is 22.7 Å². The van der Waals surface area contributed by atoms with Crippen LogP contribution < -0.4 is 5.32 Å². The Morgan fingerprint density at radius 2 is 2.18 bits per heavy atom. The van der Waals surface area contributed by atoms with Crippen LogP contribution in [-0.2, 0) is 6.54 Å². The standard InChI is InChI=1S/C14H21BrN2/c1-11-3-4-12(9-14(11)15)10-16-7-8-17(2)13-5-6-13/h3-4,9,13,16H,5-8,10H2,1-2H3. The van der Waals surface area contributed by atoms with Gasteiger partial charge in [-0.2, -0.15) is 0 Å². The van der Waals surface area contributed by atoms with Gasteiger partial charge < -0.3 is 10.2 Å². The second-order valence-electron chi connectivity index (χ2n) is 4.97. The molecule has 1 aliphatic carbocycles. The van der Waals surface area contributed by atoms with Gasteiger partial charge in [0.25, 0.3) is 0 Å². The van der Waals surface area contributed by atoms with Crippen LogP contribution in [-0.4, -0.2) is 31.1 Å². The first-order chi connectivity index (χ1) is 8.16. The summed E-state index contributed by atoms with van der Waals surface area (Å²) in [7, 11) is 2.22. The molecule has 0 aromatic heterocycles. The highest BCUT2D eigenvalue weighted by molar-refractivity contribution is 9.10. The molecule has 3 heteroatoms. The third-order valence-electron chi connectivity index (χ3n) is 3.38. The molecule has 0 saturated heterocycles. The maximum absolute atomic E-state index is 3.57. The van der Waals surface area contributed by atoms with Crippen LogP contribution in [0, 0.1) is 6.92 Å². The minimum Gasteiger partial charge on any atom is -0.311 e. The summed E-state index contributed by atoms with van der Waals surface area (Å²) in [6.07, 6.45) is 2.78. The van der Waals surface area contributed by atoms with E-state index in [1.54, 1.807) is 0 Å². The highest BCUT2D eigenvalue weighted by Gasteiger charge is 2.25. The summed E-state index contributed by atoms with van der Waals surface area (Å²) in [5.74, 6) is 0. The van der Waals surface area contributed by atoms with E-state index in [1.807, 2.05) is 0 Å². The number of likely N-dealkylation sites (N-methyl/N-ethyl adjacent to an activating group) is 1. The maximum atomic E-state index is 3.57. The van der Waals surface area contributed by atoms with Gasteiger partial charge in [0.05, 0.1) is 0 Å². The molecule has 0 bridgehead atoms. The molecule has 1 aliphatic rings. The molecule has 1 aromatic carbocycles. The second kappa shape index (κ2) is 5.98. The van der Waals surface area contributed by atoms with Crippen molar-refractivity contribution in [2.24, 2.45) is 0 Å². The lowest BCUT2D eigenvalue weighted by Crippen LogP contribution is -2.30. The van der Waals surface area contributed by atoms with Crippen molar-refractivity contribution in [3.63, 3.8) is 0 Å². The number of nitrogens with one attached hydrogen (secondary N) is 1. The molecule has 1 saturated carbocycles. The van der Waals surface area contributed by atoms with E-state index in [1.165, 1.54) is 28.4 Å². The van der Waals surface area contributed by atoms with Gasteiger partial charge in [-0.15, -0.1) is 0 Å². The van der Waals surface area contributed by atoms with Crippen LogP contribution in [0.5, 0.6) is 0 Å². The number of hydrogen-bond donors (Lipinski definition) is 1. The first-order valence-corrected chi connectivity index (χ1v) is 7.12. The van der Waals surface area contributed by atoms with Crippen molar-refractivity contribution < 1.29 is 0 Å². The summed E-state index contributed by atoms with van der Waals surface area (Å²) in [6.45, 7) is 5.29. The first-order valence-electron chi connectivity index (χ1n) is 6.33. The van der Waals surface area contributed by atoms with Gasteiger partial charge in [0.15, 0.2) is 0 Å². The van der Waals surface area contributed by atoms with Crippen LogP contribution in [0.25, 0.3) is 0 Å². The average Bonchev–Trinajstić information content (AvgIpc) is 3.13. The summed E-state index contributed by atoms with van der Waals surface area (Å²) in [5, 5.41) is 3.50. The fraction of sp³-hybridized carbons (Fsp3) is 0.571. The van der Waals surface area contributed by atoms with Crippen molar-refractivity contribution >= 4 is 15.9 Å². The van der Waals surface area contributed by atoms with Crippen LogP contribution in [0.3, 0.4) is 0 Å². The number of aryl methyl sites for hydroxylation is 1. The molecule has 0 amide bonds. The Hall–Kier alpha value is -0.380. The topological polar surface area (TPSA) is 15.3 Å². The van der Waals surface area contributed by atoms with Crippen molar-refractivity contribution in [1.82, 2.24) is 10.2 Å². The Balaban J connectivity index is 1.68. The lowest BCUT2D eigenvalue weighted by atomic mass is 10.1. The van der Waals surface area contributed by atoms with Crippen LogP contribution >= 0.6 is 15.9 Å². The zero-order valence-electron chi connectivity index (χ0n) is 10.7. The highest BCUT2D eigenvalue weighted by Crippen LogP contribution is 2.24. The lowest BCUT2D eigenvalue weighted by molar-refractivity contribution is 0.321. The normalized spacial score (nSPS) is 15.5. The predicted octanol–water partition coefficient (Wildman–Crippen LogP) is 2.94. The van der Waals surface area contributed by atoms with E-state index in [4.69, 9.17) is 0 Å². The van der Waals surface area contributed by atoms with E-state index >= 15 is 0 Å². The lowest BCUT2D eigenvalue weighted by Gasteiger charge is -2.15. The van der Waals surface area contributed by atoms with Crippen molar-refractivity contribution in [1.29, 1.82) is 0 Å². The molecular formula is C14H21BrN2. The van der Waals surface area contributed by atoms with Crippen molar-refractivity contribution in [3.8, 4) is 0 Å². The molecule has 17 heavy (non-hydrogen) atoms. The molecule has 2 rings (SSSR count). The smallest absolute Gasteiger partial charge is 0.0207 e. The van der Waals surface area contributed by atoms with Crippen LogP contribution in [0.1, 0.15) is 24.0 Å². The van der Waals surface area contributed by atoms with Crippen molar-refractivity contribution in [3.05, 3.63) is 33.8 Å². The van der Waals surface area contributed by atoms with Gasteiger partial charge in [-0.05, 0) is 44.0 Å². The predicted molar refractivity (Wildman–Crippen MR) is 76.2 cm³/mol. The second-order valence-corrected chi connectivity index (χ2v) is 5.83. The Labute approximate surface area is 113 Å². The molecule has 1 aromatic rings. The first kappa shape index (κ1) is 13.1. The molecular weight excluding hydrogens is 276 g/mol. The largest absolute Gasteiger partial charge is 0.311 e. The molecule has 1 N–H and O–H groups in total. The van der Waals surface area contributed by atoms with Gasteiger partial charge in [0.1, 0.15) is 0 Å². The van der Waals surface area contributed by atoms with Gasteiger partial charge in [-0.25, -0.2) is 0 Å². The molecule has 0 aliphatic heterocycles. The zero-order chi connectivity index (χ0) is 12.3. The Bertz CT molecular complexity index is 374. The van der Waals surface area contributed by atoms with Gasteiger partial charge in [0.2, 0.25) is 0 Å². The maximum Gasteiger partial charge on any atom is 0.0207 e. The SMILES string of the molecule is Cc1ccc(CNCCN(C)C2CC2)cc1Br. The number of halogens is 1. The Kier molecular flexibility index (Phi) is 4.60. The van der Waals surface area contributed by atoms with E-state index in [-0.39, 0.29) is 0 Å². The Morgan fingerprint density at radius 1 is 1.41 bits per heavy atom. The highest BCUT2D eigenvalue weighted by atomic mass is 79.9. The van der Waals surface area contributed by atoms with Crippen LogP contribution in [0.2, 0.25) is 0 Å². The summed E-state index contributed by atoms with van der Waals surface area (Å²) in [5.41, 5.74) is 2.64. The van der Waals surface area contributed by atoms with Crippen molar-refractivity contribution in [2.75, 3.05) is 20.1 Å². The van der Waals surface area contributed by atoms with Crippen molar-refractivity contribution in [2.45, 2.75) is 32.4 Å². The van der Waals surface area contributed by atoms with Crippen LogP contribution in [0.4, 0.5) is 0 Å². The van der Waals surface area contributed by atoms with E-state index in [0.717, 1.165) is 25.7 Å². The minimum atomic E-state index is 0.866. The van der Waals surface area contributed by atoms with Gasteiger partial charge in [-0.3, -0.25) is 0 Å². The summed E-state index contributed by atoms with van der Waals surface area (Å²) in [6, 6.07) is 7.42. The molecule has 94 valence electrons. The molecule has 2 nitrogen and oxygen atoms in total. The number of benzene rings is 1. The molecule has 0 radical (unpaired) electrons. The monoisotopic (exact) mass is 296 g/mol. The molecule has 1 fully saturated rings. The van der Waals surface area contributed by atoms with Gasteiger partial charge >= 0.3 is 0 Å². The number of hydrogen-bond acceptors (Lipinski definition) is 2.